The fraction of sp³-hybridized carbons (Fsp3) is 0.227. The maximum absolute atomic E-state index is 10.2. The highest BCUT2D eigenvalue weighted by Crippen LogP contribution is 2.22. The Kier molecular flexibility index (Phi) is 6.23. The lowest BCUT2D eigenvalue weighted by atomic mass is 10.1. The summed E-state index contributed by atoms with van der Waals surface area (Å²) in [6.07, 6.45) is 4.19. The van der Waals surface area contributed by atoms with E-state index in [2.05, 4.69) is 17.1 Å². The van der Waals surface area contributed by atoms with Crippen LogP contribution in [-0.2, 0) is 6.42 Å². The van der Waals surface area contributed by atoms with Gasteiger partial charge >= 0.3 is 0 Å². The molecule has 0 aliphatic heterocycles. The molecule has 0 bridgehead atoms. The van der Waals surface area contributed by atoms with Crippen LogP contribution in [-0.4, -0.2) is 29.9 Å². The molecule has 0 amide bonds. The van der Waals surface area contributed by atoms with Crippen molar-refractivity contribution in [3.63, 3.8) is 0 Å². The molecular weight excluding hydrogens is 326 g/mol. The van der Waals surface area contributed by atoms with Gasteiger partial charge in [0.05, 0.1) is 19.4 Å². The van der Waals surface area contributed by atoms with Gasteiger partial charge in [0.2, 0.25) is 0 Å². The van der Waals surface area contributed by atoms with Crippen LogP contribution in [0.1, 0.15) is 12.0 Å². The van der Waals surface area contributed by atoms with Gasteiger partial charge in [-0.05, 0) is 47.7 Å². The van der Waals surface area contributed by atoms with Crippen molar-refractivity contribution < 1.29 is 14.6 Å². The van der Waals surface area contributed by atoms with Crippen LogP contribution in [0, 0.1) is 0 Å². The highest BCUT2D eigenvalue weighted by Gasteiger charge is 2.09. The molecule has 0 spiro atoms. The molecule has 0 saturated carbocycles. The van der Waals surface area contributed by atoms with Gasteiger partial charge in [0, 0.05) is 6.20 Å². The van der Waals surface area contributed by atoms with E-state index in [1.807, 2.05) is 48.5 Å². The van der Waals surface area contributed by atoms with E-state index in [1.165, 1.54) is 5.56 Å². The zero-order valence-electron chi connectivity index (χ0n) is 14.8. The third-order valence-electron chi connectivity index (χ3n) is 4.24. The zero-order chi connectivity index (χ0) is 18.2. The summed E-state index contributed by atoms with van der Waals surface area (Å²) in [7, 11) is 1.62. The van der Waals surface area contributed by atoms with Crippen LogP contribution in [0.2, 0.25) is 0 Å². The smallest absolute Gasteiger partial charge is 0.140 e. The van der Waals surface area contributed by atoms with Crippen molar-refractivity contribution in [1.29, 1.82) is 0 Å². The number of hydrogen-bond acceptors (Lipinski definition) is 4. The summed E-state index contributed by atoms with van der Waals surface area (Å²) in [5.74, 6) is 1.50. The second-order valence-corrected chi connectivity index (χ2v) is 6.08. The minimum atomic E-state index is -0.540. The number of pyridine rings is 1. The fourth-order valence-electron chi connectivity index (χ4n) is 2.77. The van der Waals surface area contributed by atoms with Crippen molar-refractivity contribution in [3.05, 3.63) is 78.6 Å². The molecule has 26 heavy (non-hydrogen) atoms. The summed E-state index contributed by atoms with van der Waals surface area (Å²) in [4.78, 5) is 4.04. The third-order valence-corrected chi connectivity index (χ3v) is 4.24. The van der Waals surface area contributed by atoms with Crippen LogP contribution in [0.4, 0.5) is 0 Å². The average Bonchev–Trinajstić information content (AvgIpc) is 2.72. The van der Waals surface area contributed by atoms with Gasteiger partial charge in [-0.2, -0.15) is 0 Å². The molecule has 0 aliphatic carbocycles. The summed E-state index contributed by atoms with van der Waals surface area (Å²) in [5, 5.41) is 10.2. The zero-order valence-corrected chi connectivity index (χ0v) is 14.8. The van der Waals surface area contributed by atoms with Crippen molar-refractivity contribution in [2.75, 3.05) is 13.7 Å². The highest BCUT2D eigenvalue weighted by atomic mass is 16.5. The number of methoxy groups -OCH3 is 1. The van der Waals surface area contributed by atoms with Gasteiger partial charge in [0.25, 0.3) is 0 Å². The molecule has 4 nitrogen and oxygen atoms in total. The number of ether oxygens (including phenoxy) is 2. The first-order chi connectivity index (χ1) is 12.8. The Morgan fingerprint density at radius 2 is 1.69 bits per heavy atom. The summed E-state index contributed by atoms with van der Waals surface area (Å²) >= 11 is 0. The summed E-state index contributed by atoms with van der Waals surface area (Å²) < 4.78 is 11.0. The lowest BCUT2D eigenvalue weighted by Gasteiger charge is -2.14. The second kappa shape index (κ2) is 9.02. The first kappa shape index (κ1) is 18.0. The molecule has 1 heterocycles. The van der Waals surface area contributed by atoms with E-state index >= 15 is 0 Å². The quantitative estimate of drug-likeness (QED) is 0.664. The van der Waals surface area contributed by atoms with Crippen LogP contribution in [0.25, 0.3) is 11.1 Å². The Hall–Kier alpha value is -2.85. The van der Waals surface area contributed by atoms with E-state index in [-0.39, 0.29) is 6.61 Å². The van der Waals surface area contributed by atoms with E-state index in [4.69, 9.17) is 9.47 Å². The predicted octanol–water partition coefficient (Wildman–Crippen LogP) is 4.13. The predicted molar refractivity (Wildman–Crippen MR) is 102 cm³/mol. The molecular formula is C22H23NO3. The van der Waals surface area contributed by atoms with Gasteiger partial charge in [-0.25, -0.2) is 0 Å². The maximum Gasteiger partial charge on any atom is 0.140 e. The first-order valence-electron chi connectivity index (χ1n) is 8.69. The first-order valence-corrected chi connectivity index (χ1v) is 8.69. The normalized spacial score (nSPS) is 11.8. The Bertz CT molecular complexity index is 803. The molecule has 0 fully saturated rings. The molecule has 3 aromatic rings. The van der Waals surface area contributed by atoms with Crippen LogP contribution in [0.15, 0.2) is 73.1 Å². The monoisotopic (exact) mass is 349 g/mol. The molecule has 3 rings (SSSR count). The Morgan fingerprint density at radius 1 is 0.962 bits per heavy atom. The Labute approximate surface area is 154 Å². The molecule has 2 aromatic carbocycles. The number of aromatic nitrogens is 1. The number of rotatable bonds is 8. The van der Waals surface area contributed by atoms with E-state index in [9.17, 15) is 5.11 Å². The summed E-state index contributed by atoms with van der Waals surface area (Å²) in [6.45, 7) is 0.262. The lowest BCUT2D eigenvalue weighted by Crippen LogP contribution is -2.18. The SMILES string of the molecule is COc1cnccc1CCC(O)COc1ccc(-c2ccccc2)cc1. The van der Waals surface area contributed by atoms with Crippen molar-refractivity contribution in [3.8, 4) is 22.6 Å². The minimum Gasteiger partial charge on any atom is -0.495 e. The van der Waals surface area contributed by atoms with Gasteiger partial charge in [-0.3, -0.25) is 4.98 Å². The topological polar surface area (TPSA) is 51.6 Å². The van der Waals surface area contributed by atoms with E-state index in [1.54, 1.807) is 19.5 Å². The summed E-state index contributed by atoms with van der Waals surface area (Å²) in [5.41, 5.74) is 3.35. The van der Waals surface area contributed by atoms with Gasteiger partial charge in [0.1, 0.15) is 18.1 Å². The molecule has 1 atom stereocenters. The largest absolute Gasteiger partial charge is 0.495 e. The van der Waals surface area contributed by atoms with Gasteiger partial charge in [-0.1, -0.05) is 42.5 Å². The van der Waals surface area contributed by atoms with Crippen molar-refractivity contribution in [2.45, 2.75) is 18.9 Å². The number of nitrogens with zero attached hydrogens (tertiary/aromatic N) is 1. The molecule has 1 N–H and O–H groups in total. The standard InChI is InChI=1S/C22H23NO3/c1-25-22-15-23-14-13-19(22)7-10-20(24)16-26-21-11-8-18(9-12-21)17-5-3-2-4-6-17/h2-6,8-9,11-15,20,24H,7,10,16H2,1H3. The van der Waals surface area contributed by atoms with Crippen LogP contribution < -0.4 is 9.47 Å². The molecule has 0 radical (unpaired) electrons. The fourth-order valence-corrected chi connectivity index (χ4v) is 2.77. The minimum absolute atomic E-state index is 0.262. The van der Waals surface area contributed by atoms with E-state index in [0.29, 0.717) is 12.8 Å². The van der Waals surface area contributed by atoms with Gasteiger partial charge < -0.3 is 14.6 Å². The molecule has 1 aromatic heterocycles. The lowest BCUT2D eigenvalue weighted by molar-refractivity contribution is 0.100. The number of benzene rings is 2. The molecule has 0 saturated heterocycles. The van der Waals surface area contributed by atoms with Crippen molar-refractivity contribution in [2.24, 2.45) is 0 Å². The van der Waals surface area contributed by atoms with Gasteiger partial charge in [0.15, 0.2) is 0 Å². The molecule has 0 aliphatic rings. The van der Waals surface area contributed by atoms with E-state index < -0.39 is 6.10 Å². The molecule has 1 unspecified atom stereocenters. The van der Waals surface area contributed by atoms with Gasteiger partial charge in [-0.15, -0.1) is 0 Å². The van der Waals surface area contributed by atoms with Crippen LogP contribution in [0.3, 0.4) is 0 Å². The number of aliphatic hydroxyl groups excluding tert-OH is 1. The number of aryl methyl sites for hydroxylation is 1. The Morgan fingerprint density at radius 3 is 2.42 bits per heavy atom. The average molecular weight is 349 g/mol. The maximum atomic E-state index is 10.2. The van der Waals surface area contributed by atoms with Crippen LogP contribution in [0.5, 0.6) is 11.5 Å². The van der Waals surface area contributed by atoms with E-state index in [0.717, 1.165) is 22.6 Å². The Balaban J connectivity index is 1.49. The van der Waals surface area contributed by atoms with Crippen molar-refractivity contribution >= 4 is 0 Å². The highest BCUT2D eigenvalue weighted by molar-refractivity contribution is 5.63. The van der Waals surface area contributed by atoms with Crippen LogP contribution >= 0.6 is 0 Å². The number of hydrogen-bond donors (Lipinski definition) is 1. The number of aliphatic hydroxyl groups is 1. The van der Waals surface area contributed by atoms with Crippen molar-refractivity contribution in [1.82, 2.24) is 4.98 Å². The summed E-state index contributed by atoms with van der Waals surface area (Å²) in [6, 6.07) is 20.0. The second-order valence-electron chi connectivity index (χ2n) is 6.08. The third kappa shape index (κ3) is 4.83. The molecule has 134 valence electrons. The molecule has 4 heteroatoms.